The smallest absolute Gasteiger partial charge is 0.225 e. The van der Waals surface area contributed by atoms with Gasteiger partial charge in [-0.3, -0.25) is 4.79 Å². The number of thiophene rings is 1. The summed E-state index contributed by atoms with van der Waals surface area (Å²) in [5, 5.41) is 6.84. The third kappa shape index (κ3) is 3.65. The number of amides is 1. The molecule has 0 aliphatic carbocycles. The molecule has 1 aromatic carbocycles. The molecule has 23 heavy (non-hydrogen) atoms. The highest BCUT2D eigenvalue weighted by molar-refractivity contribution is 7.07. The molecular formula is C17H16FN3OS. The standard InChI is InChI=1S/C17H16FN3OS/c1-21-7-6-19-17(21)16(13-3-2-4-14(18)10-13)20-15(22)9-12-5-8-23-11-12/h2-8,10-11,16H,9H2,1H3,(H,20,22). The molecule has 0 fully saturated rings. The van der Waals surface area contributed by atoms with Crippen molar-refractivity contribution in [3.05, 3.63) is 76.3 Å². The van der Waals surface area contributed by atoms with Gasteiger partial charge >= 0.3 is 0 Å². The van der Waals surface area contributed by atoms with Crippen LogP contribution in [0.5, 0.6) is 0 Å². The van der Waals surface area contributed by atoms with Gasteiger partial charge in [0.15, 0.2) is 0 Å². The van der Waals surface area contributed by atoms with Crippen molar-refractivity contribution in [2.45, 2.75) is 12.5 Å². The minimum Gasteiger partial charge on any atom is -0.342 e. The van der Waals surface area contributed by atoms with Crippen molar-refractivity contribution in [3.8, 4) is 0 Å². The van der Waals surface area contributed by atoms with Crippen molar-refractivity contribution in [3.63, 3.8) is 0 Å². The molecule has 2 aromatic heterocycles. The van der Waals surface area contributed by atoms with Gasteiger partial charge in [-0.2, -0.15) is 11.3 Å². The largest absolute Gasteiger partial charge is 0.342 e. The molecule has 1 amide bonds. The summed E-state index contributed by atoms with van der Waals surface area (Å²) in [7, 11) is 1.85. The molecule has 3 rings (SSSR count). The summed E-state index contributed by atoms with van der Waals surface area (Å²) in [5.74, 6) is 0.198. The second-order valence-electron chi connectivity index (χ2n) is 5.26. The summed E-state index contributed by atoms with van der Waals surface area (Å²) < 4.78 is 15.4. The van der Waals surface area contributed by atoms with E-state index in [2.05, 4.69) is 10.3 Å². The molecule has 0 aliphatic rings. The quantitative estimate of drug-likeness (QED) is 0.782. The lowest BCUT2D eigenvalue weighted by Crippen LogP contribution is -2.32. The molecule has 0 saturated heterocycles. The molecule has 1 N–H and O–H groups in total. The van der Waals surface area contributed by atoms with Crippen molar-refractivity contribution in [1.82, 2.24) is 14.9 Å². The van der Waals surface area contributed by atoms with Gasteiger partial charge in [0.25, 0.3) is 0 Å². The molecule has 1 atom stereocenters. The number of carbonyl (C=O) groups excluding carboxylic acids is 1. The molecule has 0 saturated carbocycles. The van der Waals surface area contributed by atoms with Gasteiger partial charge in [-0.15, -0.1) is 0 Å². The number of imidazole rings is 1. The van der Waals surface area contributed by atoms with E-state index in [0.29, 0.717) is 17.8 Å². The topological polar surface area (TPSA) is 46.9 Å². The van der Waals surface area contributed by atoms with Gasteiger partial charge in [0, 0.05) is 19.4 Å². The van der Waals surface area contributed by atoms with Gasteiger partial charge in [0.2, 0.25) is 5.91 Å². The van der Waals surface area contributed by atoms with Gasteiger partial charge in [0.05, 0.1) is 6.42 Å². The summed E-state index contributed by atoms with van der Waals surface area (Å²) in [5.41, 5.74) is 1.63. The zero-order chi connectivity index (χ0) is 16.2. The number of aryl methyl sites for hydroxylation is 1. The predicted molar refractivity (Wildman–Crippen MR) is 87.6 cm³/mol. The fourth-order valence-electron chi connectivity index (χ4n) is 2.43. The van der Waals surface area contributed by atoms with Crippen LogP contribution in [0, 0.1) is 5.82 Å². The van der Waals surface area contributed by atoms with E-state index in [0.717, 1.165) is 5.56 Å². The van der Waals surface area contributed by atoms with E-state index < -0.39 is 6.04 Å². The van der Waals surface area contributed by atoms with E-state index in [1.807, 2.05) is 28.4 Å². The SMILES string of the molecule is Cn1ccnc1C(NC(=O)Cc1ccsc1)c1cccc(F)c1. The highest BCUT2D eigenvalue weighted by Crippen LogP contribution is 2.21. The first-order valence-electron chi connectivity index (χ1n) is 7.16. The number of hydrogen-bond donors (Lipinski definition) is 1. The molecule has 3 aromatic rings. The second-order valence-corrected chi connectivity index (χ2v) is 6.04. The number of aromatic nitrogens is 2. The van der Waals surface area contributed by atoms with Crippen LogP contribution in [0.15, 0.2) is 53.5 Å². The summed E-state index contributed by atoms with van der Waals surface area (Å²) in [6.45, 7) is 0. The Bertz CT molecular complexity index is 798. The third-order valence-electron chi connectivity index (χ3n) is 3.55. The average molecular weight is 329 g/mol. The Morgan fingerprint density at radius 3 is 2.96 bits per heavy atom. The summed E-state index contributed by atoms with van der Waals surface area (Å²) in [4.78, 5) is 16.6. The Labute approximate surface area is 137 Å². The van der Waals surface area contributed by atoms with E-state index in [1.54, 1.807) is 35.9 Å². The molecule has 0 bridgehead atoms. The molecule has 2 heterocycles. The van der Waals surface area contributed by atoms with Crippen molar-refractivity contribution < 1.29 is 9.18 Å². The maximum Gasteiger partial charge on any atom is 0.225 e. The Morgan fingerprint density at radius 1 is 1.43 bits per heavy atom. The predicted octanol–water partition coefficient (Wildman–Crippen LogP) is 3.07. The van der Waals surface area contributed by atoms with E-state index in [1.165, 1.54) is 12.1 Å². The first-order valence-corrected chi connectivity index (χ1v) is 8.11. The Morgan fingerprint density at radius 2 is 2.30 bits per heavy atom. The molecular weight excluding hydrogens is 313 g/mol. The first kappa shape index (κ1) is 15.4. The monoisotopic (exact) mass is 329 g/mol. The zero-order valence-electron chi connectivity index (χ0n) is 12.6. The van der Waals surface area contributed by atoms with Crippen molar-refractivity contribution in [1.29, 1.82) is 0 Å². The van der Waals surface area contributed by atoms with Gasteiger partial charge < -0.3 is 9.88 Å². The molecule has 6 heteroatoms. The van der Waals surface area contributed by atoms with Crippen LogP contribution in [-0.2, 0) is 18.3 Å². The fourth-order valence-corrected chi connectivity index (χ4v) is 3.10. The van der Waals surface area contributed by atoms with E-state index in [4.69, 9.17) is 0 Å². The normalized spacial score (nSPS) is 12.1. The molecule has 118 valence electrons. The molecule has 1 unspecified atom stereocenters. The lowest BCUT2D eigenvalue weighted by Gasteiger charge is -2.19. The van der Waals surface area contributed by atoms with Crippen LogP contribution in [0.1, 0.15) is 23.0 Å². The van der Waals surface area contributed by atoms with Gasteiger partial charge in [0.1, 0.15) is 17.7 Å². The molecule has 0 aliphatic heterocycles. The summed E-state index contributed by atoms with van der Waals surface area (Å²) >= 11 is 1.55. The summed E-state index contributed by atoms with van der Waals surface area (Å²) in [6.07, 6.45) is 3.75. The molecule has 4 nitrogen and oxygen atoms in total. The third-order valence-corrected chi connectivity index (χ3v) is 4.28. The van der Waals surface area contributed by atoms with Gasteiger partial charge in [-0.05, 0) is 40.1 Å². The first-order chi connectivity index (χ1) is 11.1. The van der Waals surface area contributed by atoms with Crippen LogP contribution in [0.4, 0.5) is 4.39 Å². The van der Waals surface area contributed by atoms with Crippen LogP contribution < -0.4 is 5.32 Å². The highest BCUT2D eigenvalue weighted by atomic mass is 32.1. The highest BCUT2D eigenvalue weighted by Gasteiger charge is 2.21. The Hall–Kier alpha value is -2.47. The van der Waals surface area contributed by atoms with Crippen molar-refractivity contribution in [2.24, 2.45) is 7.05 Å². The maximum atomic E-state index is 13.6. The van der Waals surface area contributed by atoms with E-state index >= 15 is 0 Å². The number of halogens is 1. The Balaban J connectivity index is 1.86. The maximum absolute atomic E-state index is 13.6. The minimum absolute atomic E-state index is 0.124. The molecule has 0 spiro atoms. The lowest BCUT2D eigenvalue weighted by molar-refractivity contribution is -0.121. The zero-order valence-corrected chi connectivity index (χ0v) is 13.4. The van der Waals surface area contributed by atoms with Crippen LogP contribution >= 0.6 is 11.3 Å². The molecule has 0 radical (unpaired) electrons. The second kappa shape index (κ2) is 6.75. The van der Waals surface area contributed by atoms with Crippen LogP contribution in [0.3, 0.4) is 0 Å². The number of hydrogen-bond acceptors (Lipinski definition) is 3. The average Bonchev–Trinajstić information content (AvgIpc) is 3.16. The number of nitrogens with zero attached hydrogens (tertiary/aromatic N) is 2. The Kier molecular flexibility index (Phi) is 4.52. The van der Waals surface area contributed by atoms with Crippen LogP contribution in [0.2, 0.25) is 0 Å². The number of carbonyl (C=O) groups is 1. The lowest BCUT2D eigenvalue weighted by atomic mass is 10.1. The van der Waals surface area contributed by atoms with Crippen molar-refractivity contribution >= 4 is 17.2 Å². The van der Waals surface area contributed by atoms with Crippen molar-refractivity contribution in [2.75, 3.05) is 0 Å². The van der Waals surface area contributed by atoms with Gasteiger partial charge in [-0.25, -0.2) is 9.37 Å². The number of rotatable bonds is 5. The van der Waals surface area contributed by atoms with Crippen LogP contribution in [-0.4, -0.2) is 15.5 Å². The van der Waals surface area contributed by atoms with Crippen LogP contribution in [0.25, 0.3) is 0 Å². The fraction of sp³-hybridized carbons (Fsp3) is 0.176. The summed E-state index contributed by atoms with van der Waals surface area (Å²) in [6, 6.07) is 7.65. The van der Waals surface area contributed by atoms with E-state index in [9.17, 15) is 9.18 Å². The number of benzene rings is 1. The van der Waals surface area contributed by atoms with Gasteiger partial charge in [-0.1, -0.05) is 12.1 Å². The van der Waals surface area contributed by atoms with E-state index in [-0.39, 0.29) is 11.7 Å². The number of nitrogens with one attached hydrogen (secondary N) is 1. The minimum atomic E-state index is -0.489.